The van der Waals surface area contributed by atoms with Crippen molar-refractivity contribution in [2.75, 3.05) is 20.2 Å². The summed E-state index contributed by atoms with van der Waals surface area (Å²) in [6.45, 7) is 4.83. The van der Waals surface area contributed by atoms with Gasteiger partial charge < -0.3 is 15.8 Å². The molecular weight excluding hydrogens is 264 g/mol. The zero-order valence-electron chi connectivity index (χ0n) is 11.7. The molecule has 0 saturated heterocycles. The van der Waals surface area contributed by atoms with Crippen LogP contribution in [0.4, 0.5) is 0 Å². The molecule has 3 N–H and O–H groups in total. The van der Waals surface area contributed by atoms with Gasteiger partial charge in [0.25, 0.3) is 0 Å². The van der Waals surface area contributed by atoms with Gasteiger partial charge in [0.1, 0.15) is 5.75 Å². The van der Waals surface area contributed by atoms with Crippen LogP contribution in [-0.4, -0.2) is 26.1 Å². The van der Waals surface area contributed by atoms with Gasteiger partial charge in [-0.1, -0.05) is 19.1 Å². The highest BCUT2D eigenvalue weighted by molar-refractivity contribution is 5.85. The third-order valence-electron chi connectivity index (χ3n) is 2.99. The zero-order valence-corrected chi connectivity index (χ0v) is 12.5. The summed E-state index contributed by atoms with van der Waals surface area (Å²) in [4.78, 5) is 11.5. The average Bonchev–Trinajstić information content (AvgIpc) is 2.39. The molecule has 0 heterocycles. The fourth-order valence-electron chi connectivity index (χ4n) is 1.63. The van der Waals surface area contributed by atoms with Crippen LogP contribution in [0.2, 0.25) is 0 Å². The van der Waals surface area contributed by atoms with Crippen LogP contribution in [0.25, 0.3) is 0 Å². The van der Waals surface area contributed by atoms with E-state index < -0.39 is 0 Å². The molecule has 0 saturated carbocycles. The van der Waals surface area contributed by atoms with Crippen LogP contribution in [0.1, 0.15) is 18.1 Å². The van der Waals surface area contributed by atoms with E-state index in [2.05, 4.69) is 11.4 Å². The van der Waals surface area contributed by atoms with Crippen molar-refractivity contribution in [3.63, 3.8) is 0 Å². The summed E-state index contributed by atoms with van der Waals surface area (Å²) in [7, 11) is 1.66. The number of amides is 1. The Labute approximate surface area is 121 Å². The quantitative estimate of drug-likeness (QED) is 0.836. The predicted octanol–water partition coefficient (Wildman–Crippen LogP) is 1.68. The van der Waals surface area contributed by atoms with E-state index in [-0.39, 0.29) is 24.2 Å². The molecule has 1 amide bonds. The first-order chi connectivity index (χ1) is 8.58. The van der Waals surface area contributed by atoms with Gasteiger partial charge >= 0.3 is 0 Å². The summed E-state index contributed by atoms with van der Waals surface area (Å²) in [6, 6.07) is 6.09. The first-order valence-corrected chi connectivity index (χ1v) is 6.19. The molecule has 0 fully saturated rings. The van der Waals surface area contributed by atoms with Gasteiger partial charge in [-0.2, -0.15) is 0 Å². The molecule has 19 heavy (non-hydrogen) atoms. The van der Waals surface area contributed by atoms with Gasteiger partial charge in [0.15, 0.2) is 0 Å². The van der Waals surface area contributed by atoms with Crippen molar-refractivity contribution in [2.45, 2.75) is 20.3 Å². The second kappa shape index (κ2) is 8.77. The minimum atomic E-state index is -0.127. The Balaban J connectivity index is 0.00000324. The summed E-state index contributed by atoms with van der Waals surface area (Å²) in [5.74, 6) is 0.767. The Morgan fingerprint density at radius 1 is 1.47 bits per heavy atom. The second-order valence-electron chi connectivity index (χ2n) is 4.48. The fourth-order valence-corrected chi connectivity index (χ4v) is 1.63. The number of halogens is 1. The van der Waals surface area contributed by atoms with E-state index in [1.54, 1.807) is 7.11 Å². The Morgan fingerprint density at radius 2 is 2.16 bits per heavy atom. The lowest BCUT2D eigenvalue weighted by molar-refractivity contribution is -0.124. The highest BCUT2D eigenvalue weighted by Gasteiger charge is 2.09. The van der Waals surface area contributed by atoms with Crippen molar-refractivity contribution in [3.8, 4) is 5.75 Å². The topological polar surface area (TPSA) is 64.3 Å². The number of hydrogen-bond acceptors (Lipinski definition) is 3. The number of carbonyl (C=O) groups excluding carboxylic acids is 1. The molecule has 5 heteroatoms. The molecule has 108 valence electrons. The van der Waals surface area contributed by atoms with Gasteiger partial charge in [0.05, 0.1) is 7.11 Å². The van der Waals surface area contributed by atoms with E-state index in [0.717, 1.165) is 23.3 Å². The average molecular weight is 287 g/mol. The van der Waals surface area contributed by atoms with Crippen LogP contribution < -0.4 is 15.8 Å². The maximum Gasteiger partial charge on any atom is 0.224 e. The molecule has 1 atom stereocenters. The molecular formula is C14H23ClN2O2. The molecule has 4 nitrogen and oxygen atoms in total. The molecule has 1 aromatic rings. The number of benzene rings is 1. The lowest BCUT2D eigenvalue weighted by Crippen LogP contribution is -2.34. The van der Waals surface area contributed by atoms with Crippen molar-refractivity contribution in [1.29, 1.82) is 0 Å². The van der Waals surface area contributed by atoms with Crippen LogP contribution >= 0.6 is 12.4 Å². The van der Waals surface area contributed by atoms with Gasteiger partial charge in [0, 0.05) is 19.0 Å². The van der Waals surface area contributed by atoms with E-state index in [9.17, 15) is 4.79 Å². The van der Waals surface area contributed by atoms with E-state index in [1.165, 1.54) is 0 Å². The highest BCUT2D eigenvalue weighted by Crippen LogP contribution is 2.18. The number of carbonyl (C=O) groups is 1. The molecule has 0 spiro atoms. The SMILES string of the molecule is COc1cc(CCNC(=O)C(C)CN)ccc1C.Cl. The molecule has 0 aliphatic rings. The fraction of sp³-hybridized carbons (Fsp3) is 0.500. The van der Waals surface area contributed by atoms with Crippen molar-refractivity contribution in [2.24, 2.45) is 11.7 Å². The summed E-state index contributed by atoms with van der Waals surface area (Å²) in [6.07, 6.45) is 0.791. The number of ether oxygens (including phenoxy) is 1. The number of aryl methyl sites for hydroxylation is 1. The molecule has 0 aliphatic heterocycles. The van der Waals surface area contributed by atoms with Crippen molar-refractivity contribution in [1.82, 2.24) is 5.32 Å². The van der Waals surface area contributed by atoms with Gasteiger partial charge in [0.2, 0.25) is 5.91 Å². The molecule has 1 rings (SSSR count). The molecule has 0 radical (unpaired) electrons. The zero-order chi connectivity index (χ0) is 13.5. The van der Waals surface area contributed by atoms with Crippen LogP contribution in [0, 0.1) is 12.8 Å². The largest absolute Gasteiger partial charge is 0.496 e. The summed E-state index contributed by atoms with van der Waals surface area (Å²) in [5, 5.41) is 2.87. The maximum absolute atomic E-state index is 11.5. The second-order valence-corrected chi connectivity index (χ2v) is 4.48. The molecule has 1 unspecified atom stereocenters. The highest BCUT2D eigenvalue weighted by atomic mass is 35.5. The first-order valence-electron chi connectivity index (χ1n) is 6.19. The monoisotopic (exact) mass is 286 g/mol. The van der Waals surface area contributed by atoms with E-state index >= 15 is 0 Å². The van der Waals surface area contributed by atoms with Crippen molar-refractivity contribution >= 4 is 18.3 Å². The van der Waals surface area contributed by atoms with Crippen molar-refractivity contribution in [3.05, 3.63) is 29.3 Å². The Morgan fingerprint density at radius 3 is 2.74 bits per heavy atom. The predicted molar refractivity (Wildman–Crippen MR) is 79.9 cm³/mol. The van der Waals surface area contributed by atoms with Crippen LogP contribution in [0.3, 0.4) is 0 Å². The van der Waals surface area contributed by atoms with Crippen LogP contribution in [-0.2, 0) is 11.2 Å². The van der Waals surface area contributed by atoms with Gasteiger partial charge in [-0.25, -0.2) is 0 Å². The first kappa shape index (κ1) is 17.7. The smallest absolute Gasteiger partial charge is 0.224 e. The van der Waals surface area contributed by atoms with Gasteiger partial charge in [-0.15, -0.1) is 12.4 Å². The Hall–Kier alpha value is -1.26. The summed E-state index contributed by atoms with van der Waals surface area (Å²) < 4.78 is 5.26. The molecule has 1 aromatic carbocycles. The van der Waals surface area contributed by atoms with Gasteiger partial charge in [-0.05, 0) is 30.5 Å². The minimum Gasteiger partial charge on any atom is -0.496 e. The minimum absolute atomic E-state index is 0. The van der Waals surface area contributed by atoms with Crippen molar-refractivity contribution < 1.29 is 9.53 Å². The number of nitrogens with two attached hydrogens (primary N) is 1. The van der Waals surface area contributed by atoms with Gasteiger partial charge in [-0.3, -0.25) is 4.79 Å². The maximum atomic E-state index is 11.5. The number of nitrogens with one attached hydrogen (secondary N) is 1. The summed E-state index contributed by atoms with van der Waals surface area (Å²) >= 11 is 0. The van der Waals surface area contributed by atoms with E-state index in [1.807, 2.05) is 26.0 Å². The van der Waals surface area contributed by atoms with E-state index in [4.69, 9.17) is 10.5 Å². The normalized spacial score (nSPS) is 11.4. The Kier molecular flexibility index (Phi) is 8.19. The van der Waals surface area contributed by atoms with Crippen LogP contribution in [0.5, 0.6) is 5.75 Å². The lowest BCUT2D eigenvalue weighted by Gasteiger charge is -2.11. The number of hydrogen-bond donors (Lipinski definition) is 2. The lowest BCUT2D eigenvalue weighted by atomic mass is 10.1. The molecule has 0 aromatic heterocycles. The standard InChI is InChI=1S/C14H22N2O2.ClH/c1-10-4-5-12(8-13(10)18-3)6-7-16-14(17)11(2)9-15;/h4-5,8,11H,6-7,9,15H2,1-3H3,(H,16,17);1H. The third-order valence-corrected chi connectivity index (χ3v) is 2.99. The molecule has 0 aliphatic carbocycles. The molecule has 0 bridgehead atoms. The number of methoxy groups -OCH3 is 1. The van der Waals surface area contributed by atoms with Crippen LogP contribution in [0.15, 0.2) is 18.2 Å². The summed E-state index contributed by atoms with van der Waals surface area (Å²) in [5.41, 5.74) is 7.70. The van der Waals surface area contributed by atoms with E-state index in [0.29, 0.717) is 13.1 Å². The third kappa shape index (κ3) is 5.49. The Bertz CT molecular complexity index is 410. The number of rotatable bonds is 6.